The summed E-state index contributed by atoms with van der Waals surface area (Å²) in [6.07, 6.45) is 4.40. The fraction of sp³-hybridized carbons (Fsp3) is 1.00. The molecule has 1 saturated heterocycles. The lowest BCUT2D eigenvalue weighted by molar-refractivity contribution is -0.289. The van der Waals surface area contributed by atoms with Crippen molar-refractivity contribution in [3.05, 3.63) is 0 Å². The van der Waals surface area contributed by atoms with Gasteiger partial charge in [0.05, 0.1) is 6.04 Å². The average molecular weight is 477 g/mol. The largest absolute Gasteiger partial charge is 0.388 e. The Morgan fingerprint density at radius 2 is 1.36 bits per heavy atom. The minimum Gasteiger partial charge on any atom is -0.388 e. The maximum Gasteiger partial charge on any atom is 0.176 e. The number of hydrogen-bond acceptors (Lipinski definition) is 10. The highest BCUT2D eigenvalue weighted by Crippen LogP contribution is 2.28. The third kappa shape index (κ3) is 8.34. The number of nitrogens with two attached hydrogens (primary N) is 4. The molecule has 1 saturated carbocycles. The van der Waals surface area contributed by atoms with Crippen molar-refractivity contribution in [2.75, 3.05) is 13.2 Å². The predicted octanol–water partition coefficient (Wildman–Crippen LogP) is -0.560. The second kappa shape index (κ2) is 14.9. The third-order valence-corrected chi connectivity index (χ3v) is 6.89. The number of unbranched alkanes of at least 4 members (excludes halogenated alkanes) is 8. The Kier molecular flexibility index (Phi) is 13.0. The Morgan fingerprint density at radius 1 is 0.788 bits per heavy atom. The minimum absolute atomic E-state index is 0.0145. The molecular formula is C23H48N4O6. The molecular weight excluding hydrogens is 428 g/mol. The van der Waals surface area contributed by atoms with Crippen LogP contribution in [0.2, 0.25) is 0 Å². The van der Waals surface area contributed by atoms with Gasteiger partial charge in [0.1, 0.15) is 36.6 Å². The lowest BCUT2D eigenvalue weighted by Crippen LogP contribution is -2.67. The molecule has 0 unspecified atom stereocenters. The van der Waals surface area contributed by atoms with Crippen molar-refractivity contribution < 1.29 is 29.5 Å². The highest BCUT2D eigenvalue weighted by Gasteiger charge is 2.48. The van der Waals surface area contributed by atoms with Crippen LogP contribution in [0.25, 0.3) is 0 Å². The molecule has 0 bridgehead atoms. The smallest absolute Gasteiger partial charge is 0.176 e. The lowest BCUT2D eigenvalue weighted by Gasteiger charge is -2.46. The van der Waals surface area contributed by atoms with Gasteiger partial charge in [0.15, 0.2) is 6.29 Å². The van der Waals surface area contributed by atoms with Crippen LogP contribution in [0.3, 0.4) is 0 Å². The van der Waals surface area contributed by atoms with Crippen LogP contribution in [-0.2, 0) is 14.2 Å². The van der Waals surface area contributed by atoms with Crippen molar-refractivity contribution in [2.24, 2.45) is 22.9 Å². The Bertz CT molecular complexity index is 531. The monoisotopic (exact) mass is 476 g/mol. The number of aliphatic hydroxyl groups is 3. The number of aliphatic hydroxyl groups excluding tert-OH is 3. The Labute approximate surface area is 198 Å². The summed E-state index contributed by atoms with van der Waals surface area (Å²) < 4.78 is 17.5. The van der Waals surface area contributed by atoms with Gasteiger partial charge in [-0.2, -0.15) is 0 Å². The van der Waals surface area contributed by atoms with E-state index in [1.165, 1.54) is 44.9 Å². The van der Waals surface area contributed by atoms with Crippen LogP contribution in [0.1, 0.15) is 71.1 Å². The zero-order chi connectivity index (χ0) is 24.4. The van der Waals surface area contributed by atoms with Crippen LogP contribution < -0.4 is 22.9 Å². The average Bonchev–Trinajstić information content (AvgIpc) is 2.79. The van der Waals surface area contributed by atoms with Gasteiger partial charge in [0, 0.05) is 25.2 Å². The van der Waals surface area contributed by atoms with E-state index in [4.69, 9.17) is 37.1 Å². The SMILES string of the molecule is CCCCCCCCCCCO[C@@H]1[C@@H](O)[C@H](O[C@H]2O[C@H](CN)[C@@H](O)[C@H](O)[C@H]2N)[C@@H](N)C[C@H]1N. The molecule has 10 nitrogen and oxygen atoms in total. The zero-order valence-corrected chi connectivity index (χ0v) is 20.1. The summed E-state index contributed by atoms with van der Waals surface area (Å²) in [5.74, 6) is 0. The summed E-state index contributed by atoms with van der Waals surface area (Å²) in [5, 5.41) is 31.2. The molecule has 1 aliphatic carbocycles. The number of ether oxygens (including phenoxy) is 3. The van der Waals surface area contributed by atoms with Crippen molar-refractivity contribution in [1.29, 1.82) is 0 Å². The molecule has 0 spiro atoms. The topological polar surface area (TPSA) is 192 Å². The van der Waals surface area contributed by atoms with Crippen molar-refractivity contribution in [3.63, 3.8) is 0 Å². The predicted molar refractivity (Wildman–Crippen MR) is 126 cm³/mol. The van der Waals surface area contributed by atoms with E-state index < -0.39 is 61.0 Å². The van der Waals surface area contributed by atoms with Crippen LogP contribution in [-0.4, -0.2) is 89.5 Å². The Hall–Kier alpha value is -0.400. The molecule has 2 aliphatic rings. The first-order valence-electron chi connectivity index (χ1n) is 12.7. The molecule has 2 fully saturated rings. The van der Waals surface area contributed by atoms with Gasteiger partial charge in [0.2, 0.25) is 0 Å². The molecule has 1 heterocycles. The van der Waals surface area contributed by atoms with E-state index in [0.29, 0.717) is 13.0 Å². The first kappa shape index (κ1) is 28.8. The van der Waals surface area contributed by atoms with Gasteiger partial charge in [-0.1, -0.05) is 58.3 Å². The molecule has 33 heavy (non-hydrogen) atoms. The van der Waals surface area contributed by atoms with E-state index in [2.05, 4.69) is 6.92 Å². The summed E-state index contributed by atoms with van der Waals surface area (Å²) in [6, 6.07) is -1.99. The van der Waals surface area contributed by atoms with Crippen LogP contribution in [0.4, 0.5) is 0 Å². The van der Waals surface area contributed by atoms with Crippen molar-refractivity contribution in [3.8, 4) is 0 Å². The van der Waals surface area contributed by atoms with E-state index in [1.807, 2.05) is 0 Å². The Morgan fingerprint density at radius 3 is 1.97 bits per heavy atom. The summed E-state index contributed by atoms with van der Waals surface area (Å²) >= 11 is 0. The fourth-order valence-electron chi connectivity index (χ4n) is 4.74. The van der Waals surface area contributed by atoms with Gasteiger partial charge < -0.3 is 52.5 Å². The molecule has 0 aromatic heterocycles. The molecule has 0 aromatic rings. The summed E-state index contributed by atoms with van der Waals surface area (Å²) in [4.78, 5) is 0. The van der Waals surface area contributed by atoms with Crippen molar-refractivity contribution in [1.82, 2.24) is 0 Å². The second-order valence-corrected chi connectivity index (χ2v) is 9.66. The summed E-state index contributed by atoms with van der Waals surface area (Å²) in [7, 11) is 0. The standard InChI is InChI=1S/C23H48N4O6/c1-2-3-4-5-6-7-8-9-10-11-31-21-14(25)12-15(26)22(20(21)30)33-23-17(27)19(29)18(28)16(13-24)32-23/h14-23,28-30H,2-13,24-27H2,1H3/t14-,15+,16-,17-,18-,19-,20-,21+,22-,23-/m1/s1. The molecule has 11 N–H and O–H groups in total. The number of hydrogen-bond donors (Lipinski definition) is 7. The summed E-state index contributed by atoms with van der Waals surface area (Å²) in [5.41, 5.74) is 24.0. The molecule has 2 rings (SSSR count). The van der Waals surface area contributed by atoms with Gasteiger partial charge in [0.25, 0.3) is 0 Å². The van der Waals surface area contributed by atoms with Crippen molar-refractivity contribution in [2.45, 2.75) is 132 Å². The maximum absolute atomic E-state index is 10.9. The zero-order valence-electron chi connectivity index (χ0n) is 20.1. The normalized spacial score (nSPS) is 39.6. The van der Waals surface area contributed by atoms with Crippen molar-refractivity contribution >= 4 is 0 Å². The summed E-state index contributed by atoms with van der Waals surface area (Å²) in [6.45, 7) is 2.72. The minimum atomic E-state index is -1.27. The van der Waals surface area contributed by atoms with Crippen LogP contribution in [0.5, 0.6) is 0 Å². The van der Waals surface area contributed by atoms with E-state index in [0.717, 1.165) is 12.8 Å². The van der Waals surface area contributed by atoms with Crippen LogP contribution in [0.15, 0.2) is 0 Å². The van der Waals surface area contributed by atoms with Crippen LogP contribution in [0, 0.1) is 0 Å². The number of rotatable bonds is 14. The molecule has 10 atom stereocenters. The van der Waals surface area contributed by atoms with Crippen LogP contribution >= 0.6 is 0 Å². The van der Waals surface area contributed by atoms with E-state index in [-0.39, 0.29) is 6.54 Å². The van der Waals surface area contributed by atoms with E-state index in [9.17, 15) is 15.3 Å². The molecule has 10 heteroatoms. The molecule has 0 amide bonds. The second-order valence-electron chi connectivity index (χ2n) is 9.66. The van der Waals surface area contributed by atoms with E-state index >= 15 is 0 Å². The molecule has 196 valence electrons. The van der Waals surface area contributed by atoms with Gasteiger partial charge in [-0.25, -0.2) is 0 Å². The highest BCUT2D eigenvalue weighted by molar-refractivity contribution is 5.00. The first-order chi connectivity index (χ1) is 15.8. The van der Waals surface area contributed by atoms with Gasteiger partial charge in [-0.05, 0) is 12.8 Å². The third-order valence-electron chi connectivity index (χ3n) is 6.89. The molecule has 0 radical (unpaired) electrons. The lowest BCUT2D eigenvalue weighted by atomic mass is 9.84. The highest BCUT2D eigenvalue weighted by atomic mass is 16.7. The first-order valence-corrected chi connectivity index (χ1v) is 12.7. The van der Waals surface area contributed by atoms with Gasteiger partial charge >= 0.3 is 0 Å². The fourth-order valence-corrected chi connectivity index (χ4v) is 4.74. The maximum atomic E-state index is 10.9. The van der Waals surface area contributed by atoms with E-state index in [1.54, 1.807) is 0 Å². The van der Waals surface area contributed by atoms with Gasteiger partial charge in [-0.15, -0.1) is 0 Å². The van der Waals surface area contributed by atoms with Gasteiger partial charge in [-0.3, -0.25) is 0 Å². The Balaban J connectivity index is 1.78. The molecule has 0 aromatic carbocycles. The molecule has 1 aliphatic heterocycles. The quantitative estimate of drug-likeness (QED) is 0.160.